The average molecular weight is 288 g/mol. The number of benzene rings is 1. The average Bonchev–Trinajstić information content (AvgIpc) is 2.97. The Morgan fingerprint density at radius 2 is 2.05 bits per heavy atom. The number of halogens is 1. The van der Waals surface area contributed by atoms with Crippen molar-refractivity contribution in [3.63, 3.8) is 0 Å². The van der Waals surface area contributed by atoms with E-state index in [1.165, 1.54) is 11.9 Å². The van der Waals surface area contributed by atoms with Crippen LogP contribution in [-0.4, -0.2) is 29.3 Å². The molecule has 1 aromatic carbocycles. The highest BCUT2D eigenvalue weighted by Crippen LogP contribution is 2.31. The molecule has 1 unspecified atom stereocenters. The van der Waals surface area contributed by atoms with Crippen LogP contribution in [0.3, 0.4) is 0 Å². The minimum Gasteiger partial charge on any atom is -0.355 e. The molecule has 1 aliphatic rings. The molecule has 4 nitrogen and oxygen atoms in total. The number of hydrogen-bond donors (Lipinski definition) is 0. The number of nitrogens with zero attached hydrogens (tertiary/aromatic N) is 3. The highest BCUT2D eigenvalue weighted by atomic mass is 35.5. The molecule has 1 fully saturated rings. The van der Waals surface area contributed by atoms with E-state index in [-0.39, 0.29) is 5.15 Å². The first kappa shape index (κ1) is 13.1. The van der Waals surface area contributed by atoms with E-state index >= 15 is 0 Å². The lowest BCUT2D eigenvalue weighted by molar-refractivity contribution is 0.112. The van der Waals surface area contributed by atoms with Gasteiger partial charge in [0.25, 0.3) is 0 Å². The molecule has 0 saturated carbocycles. The lowest BCUT2D eigenvalue weighted by atomic mass is 9.99. The third-order valence-corrected chi connectivity index (χ3v) is 3.99. The number of hydrogen-bond acceptors (Lipinski definition) is 4. The van der Waals surface area contributed by atoms with Gasteiger partial charge in [-0.05, 0) is 12.0 Å². The van der Waals surface area contributed by atoms with Gasteiger partial charge in [-0.15, -0.1) is 0 Å². The number of carbonyl (C=O) groups excluding carboxylic acids is 1. The van der Waals surface area contributed by atoms with Crippen molar-refractivity contribution in [1.29, 1.82) is 0 Å². The predicted molar refractivity (Wildman–Crippen MR) is 78.4 cm³/mol. The van der Waals surface area contributed by atoms with Crippen LogP contribution in [0.1, 0.15) is 28.3 Å². The lowest BCUT2D eigenvalue weighted by Crippen LogP contribution is -2.22. The Hall–Kier alpha value is -1.94. The fourth-order valence-electron chi connectivity index (χ4n) is 2.67. The molecule has 20 heavy (non-hydrogen) atoms. The Morgan fingerprint density at radius 3 is 2.80 bits per heavy atom. The van der Waals surface area contributed by atoms with Crippen LogP contribution in [0.25, 0.3) is 0 Å². The van der Waals surface area contributed by atoms with Crippen LogP contribution in [0.2, 0.25) is 5.15 Å². The highest BCUT2D eigenvalue weighted by molar-refractivity contribution is 6.32. The van der Waals surface area contributed by atoms with Crippen LogP contribution >= 0.6 is 11.6 Å². The summed E-state index contributed by atoms with van der Waals surface area (Å²) < 4.78 is 0. The van der Waals surface area contributed by atoms with Gasteiger partial charge in [-0.3, -0.25) is 4.79 Å². The van der Waals surface area contributed by atoms with Crippen LogP contribution in [0.5, 0.6) is 0 Å². The molecule has 1 atom stereocenters. The van der Waals surface area contributed by atoms with E-state index in [0.29, 0.717) is 17.3 Å². The van der Waals surface area contributed by atoms with E-state index < -0.39 is 0 Å². The van der Waals surface area contributed by atoms with E-state index in [4.69, 9.17) is 11.6 Å². The summed E-state index contributed by atoms with van der Waals surface area (Å²) in [6, 6.07) is 10.4. The minimum atomic E-state index is 0.216. The molecule has 0 bridgehead atoms. The van der Waals surface area contributed by atoms with Gasteiger partial charge >= 0.3 is 0 Å². The van der Waals surface area contributed by atoms with Crippen molar-refractivity contribution in [3.05, 3.63) is 52.9 Å². The second kappa shape index (κ2) is 5.59. The van der Waals surface area contributed by atoms with Crippen LogP contribution in [0.15, 0.2) is 36.7 Å². The quantitative estimate of drug-likeness (QED) is 0.643. The summed E-state index contributed by atoms with van der Waals surface area (Å²) in [6.45, 7) is 1.71. The van der Waals surface area contributed by atoms with Gasteiger partial charge in [0.1, 0.15) is 17.3 Å². The fourth-order valence-corrected chi connectivity index (χ4v) is 2.84. The van der Waals surface area contributed by atoms with Gasteiger partial charge in [0.2, 0.25) is 0 Å². The van der Waals surface area contributed by atoms with Crippen LogP contribution in [0.4, 0.5) is 5.82 Å². The van der Waals surface area contributed by atoms with Gasteiger partial charge in [0.15, 0.2) is 6.29 Å². The molecule has 102 valence electrons. The molecular formula is C15H14ClN3O. The van der Waals surface area contributed by atoms with Gasteiger partial charge in [-0.2, -0.15) is 0 Å². The number of carbonyl (C=O) groups is 1. The first-order valence-corrected chi connectivity index (χ1v) is 6.93. The van der Waals surface area contributed by atoms with E-state index in [9.17, 15) is 4.79 Å². The van der Waals surface area contributed by atoms with Gasteiger partial charge < -0.3 is 4.90 Å². The molecule has 1 saturated heterocycles. The van der Waals surface area contributed by atoms with E-state index in [2.05, 4.69) is 39.1 Å². The Bertz CT molecular complexity index is 618. The van der Waals surface area contributed by atoms with E-state index in [1.807, 2.05) is 6.07 Å². The molecule has 0 spiro atoms. The Kier molecular flexibility index (Phi) is 3.65. The second-order valence-corrected chi connectivity index (χ2v) is 5.22. The van der Waals surface area contributed by atoms with Crippen molar-refractivity contribution in [2.75, 3.05) is 18.0 Å². The van der Waals surface area contributed by atoms with Crippen molar-refractivity contribution >= 4 is 23.7 Å². The molecule has 5 heteroatoms. The lowest BCUT2D eigenvalue weighted by Gasteiger charge is -2.19. The molecule has 0 N–H and O–H groups in total. The number of aldehydes is 1. The summed E-state index contributed by atoms with van der Waals surface area (Å²) in [5, 5.41) is 0.216. The monoisotopic (exact) mass is 287 g/mol. The van der Waals surface area contributed by atoms with Crippen molar-refractivity contribution in [2.24, 2.45) is 0 Å². The van der Waals surface area contributed by atoms with Crippen LogP contribution in [0, 0.1) is 0 Å². The Balaban J connectivity index is 1.84. The summed E-state index contributed by atoms with van der Waals surface area (Å²) in [5.41, 5.74) is 1.70. The minimum absolute atomic E-state index is 0.216. The SMILES string of the molecule is O=Cc1c(Cl)ncnc1N1CCC(c2ccccc2)C1. The second-order valence-electron chi connectivity index (χ2n) is 4.86. The van der Waals surface area contributed by atoms with E-state index in [0.717, 1.165) is 25.8 Å². The van der Waals surface area contributed by atoms with E-state index in [1.54, 1.807) is 0 Å². The molecule has 2 aromatic rings. The van der Waals surface area contributed by atoms with Crippen molar-refractivity contribution in [3.8, 4) is 0 Å². The maximum Gasteiger partial charge on any atom is 0.156 e. The zero-order valence-electron chi connectivity index (χ0n) is 10.9. The Labute approximate surface area is 122 Å². The molecule has 0 aliphatic carbocycles. The molecule has 3 rings (SSSR count). The van der Waals surface area contributed by atoms with Gasteiger partial charge in [0.05, 0.1) is 5.56 Å². The predicted octanol–water partition coefficient (Wildman–Crippen LogP) is 2.94. The standard InChI is InChI=1S/C15H14ClN3O/c16-14-13(9-20)15(18-10-17-14)19-7-6-12(8-19)11-4-2-1-3-5-11/h1-5,9-10,12H,6-8H2. The van der Waals surface area contributed by atoms with Gasteiger partial charge in [-0.25, -0.2) is 9.97 Å². The zero-order valence-corrected chi connectivity index (χ0v) is 11.6. The van der Waals surface area contributed by atoms with Gasteiger partial charge in [-0.1, -0.05) is 41.9 Å². The normalized spacial score (nSPS) is 18.2. The topological polar surface area (TPSA) is 46.1 Å². The van der Waals surface area contributed by atoms with Crippen LogP contribution in [-0.2, 0) is 0 Å². The summed E-state index contributed by atoms with van der Waals surface area (Å²) in [5.74, 6) is 1.10. The van der Waals surface area contributed by atoms with Crippen molar-refractivity contribution in [2.45, 2.75) is 12.3 Å². The van der Waals surface area contributed by atoms with Crippen LogP contribution < -0.4 is 4.90 Å². The molecule has 1 aliphatic heterocycles. The van der Waals surface area contributed by atoms with Crippen molar-refractivity contribution < 1.29 is 4.79 Å². The largest absolute Gasteiger partial charge is 0.355 e. The van der Waals surface area contributed by atoms with Crippen molar-refractivity contribution in [1.82, 2.24) is 9.97 Å². The first-order chi connectivity index (χ1) is 9.79. The number of anilines is 1. The Morgan fingerprint density at radius 1 is 1.25 bits per heavy atom. The molecule has 1 aromatic heterocycles. The highest BCUT2D eigenvalue weighted by Gasteiger charge is 2.27. The van der Waals surface area contributed by atoms with Gasteiger partial charge in [0, 0.05) is 19.0 Å². The summed E-state index contributed by atoms with van der Waals surface area (Å²) in [4.78, 5) is 21.3. The first-order valence-electron chi connectivity index (χ1n) is 6.55. The fraction of sp³-hybridized carbons (Fsp3) is 0.267. The third kappa shape index (κ3) is 2.39. The summed E-state index contributed by atoms with van der Waals surface area (Å²) in [6.07, 6.45) is 3.18. The molecule has 2 heterocycles. The number of rotatable bonds is 3. The smallest absolute Gasteiger partial charge is 0.156 e. The number of aromatic nitrogens is 2. The molecule has 0 amide bonds. The summed E-state index contributed by atoms with van der Waals surface area (Å²) >= 11 is 5.95. The maximum absolute atomic E-state index is 11.2. The molecular weight excluding hydrogens is 274 g/mol. The third-order valence-electron chi connectivity index (χ3n) is 3.69. The molecule has 0 radical (unpaired) electrons. The maximum atomic E-state index is 11.2. The zero-order chi connectivity index (χ0) is 13.9. The summed E-state index contributed by atoms with van der Waals surface area (Å²) in [7, 11) is 0.